The van der Waals surface area contributed by atoms with E-state index in [9.17, 15) is 4.79 Å². The molecule has 0 atom stereocenters. The number of aryl methyl sites for hydroxylation is 2. The highest BCUT2D eigenvalue weighted by Crippen LogP contribution is 2.19. The Morgan fingerprint density at radius 2 is 2.20 bits per heavy atom. The number of carbonyl (C=O) groups excluding carboxylic acids is 1. The minimum Gasteiger partial charge on any atom is -0.344 e. The highest BCUT2D eigenvalue weighted by Gasteiger charge is 2.15. The van der Waals surface area contributed by atoms with Crippen molar-refractivity contribution in [3.63, 3.8) is 0 Å². The lowest BCUT2D eigenvalue weighted by Gasteiger charge is -2.16. The first-order chi connectivity index (χ1) is 9.56. The molecule has 2 aromatic rings. The maximum absolute atomic E-state index is 12.2. The van der Waals surface area contributed by atoms with Crippen LogP contribution in [0.5, 0.6) is 0 Å². The number of benzene rings is 1. The molecule has 0 unspecified atom stereocenters. The maximum Gasteiger partial charge on any atom is 0.242 e. The summed E-state index contributed by atoms with van der Waals surface area (Å²) in [5.41, 5.74) is 3.09. The average molecular weight is 294 g/mol. The van der Waals surface area contributed by atoms with Crippen LogP contribution in [0.15, 0.2) is 18.2 Å². The standard InChI is InChI=1S/C15H20ClN3O/c1-4-18(3)15(20)10-19-13-6-5-11(2)9-12(13)17-14(19)7-8-16/h5-6,9H,4,7-8,10H2,1-3H3. The molecule has 1 aromatic carbocycles. The monoisotopic (exact) mass is 293 g/mol. The second-order valence-electron chi connectivity index (χ2n) is 4.95. The minimum atomic E-state index is 0.0863. The molecular formula is C15H20ClN3O. The van der Waals surface area contributed by atoms with Crippen molar-refractivity contribution in [1.29, 1.82) is 0 Å². The van der Waals surface area contributed by atoms with E-state index in [1.54, 1.807) is 4.90 Å². The molecule has 20 heavy (non-hydrogen) atoms. The zero-order valence-corrected chi connectivity index (χ0v) is 12.9. The van der Waals surface area contributed by atoms with Gasteiger partial charge in [0.1, 0.15) is 12.4 Å². The van der Waals surface area contributed by atoms with Gasteiger partial charge in [-0.25, -0.2) is 4.98 Å². The molecule has 0 bridgehead atoms. The number of carbonyl (C=O) groups is 1. The van der Waals surface area contributed by atoms with E-state index in [0.717, 1.165) is 22.4 Å². The summed E-state index contributed by atoms with van der Waals surface area (Å²) in [7, 11) is 1.81. The number of aromatic nitrogens is 2. The smallest absolute Gasteiger partial charge is 0.242 e. The number of amides is 1. The Kier molecular flexibility index (Phi) is 4.65. The number of nitrogens with zero attached hydrogens (tertiary/aromatic N) is 3. The molecule has 0 fully saturated rings. The van der Waals surface area contributed by atoms with Crippen LogP contribution in [0.25, 0.3) is 11.0 Å². The van der Waals surface area contributed by atoms with E-state index >= 15 is 0 Å². The fourth-order valence-electron chi connectivity index (χ4n) is 2.17. The SMILES string of the molecule is CCN(C)C(=O)Cn1c(CCCl)nc2cc(C)ccc21. The van der Waals surface area contributed by atoms with Gasteiger partial charge in [-0.05, 0) is 31.5 Å². The van der Waals surface area contributed by atoms with Gasteiger partial charge in [-0.2, -0.15) is 0 Å². The fourth-order valence-corrected chi connectivity index (χ4v) is 2.34. The second-order valence-corrected chi connectivity index (χ2v) is 5.33. The fraction of sp³-hybridized carbons (Fsp3) is 0.467. The van der Waals surface area contributed by atoms with Crippen LogP contribution in [-0.4, -0.2) is 39.8 Å². The zero-order valence-electron chi connectivity index (χ0n) is 12.2. The van der Waals surface area contributed by atoms with Crippen LogP contribution in [0.3, 0.4) is 0 Å². The predicted octanol–water partition coefficient (Wildman–Crippen LogP) is 2.60. The lowest BCUT2D eigenvalue weighted by molar-refractivity contribution is -0.130. The Morgan fingerprint density at radius 1 is 1.45 bits per heavy atom. The summed E-state index contributed by atoms with van der Waals surface area (Å²) in [5, 5.41) is 0. The first-order valence-corrected chi connectivity index (χ1v) is 7.36. The topological polar surface area (TPSA) is 38.1 Å². The first-order valence-electron chi connectivity index (χ1n) is 6.82. The number of hydrogen-bond donors (Lipinski definition) is 0. The van der Waals surface area contributed by atoms with Crippen molar-refractivity contribution < 1.29 is 4.79 Å². The van der Waals surface area contributed by atoms with E-state index in [0.29, 0.717) is 25.4 Å². The summed E-state index contributed by atoms with van der Waals surface area (Å²) in [6.45, 7) is 5.02. The minimum absolute atomic E-state index is 0.0863. The average Bonchev–Trinajstić information content (AvgIpc) is 2.75. The highest BCUT2D eigenvalue weighted by atomic mass is 35.5. The third-order valence-corrected chi connectivity index (χ3v) is 3.68. The molecule has 0 N–H and O–H groups in total. The molecule has 5 heteroatoms. The highest BCUT2D eigenvalue weighted by molar-refractivity contribution is 6.17. The van der Waals surface area contributed by atoms with Crippen LogP contribution >= 0.6 is 11.6 Å². The van der Waals surface area contributed by atoms with Crippen LogP contribution in [0.4, 0.5) is 0 Å². The number of fused-ring (bicyclic) bond motifs is 1. The van der Waals surface area contributed by atoms with E-state index in [1.807, 2.05) is 43.7 Å². The van der Waals surface area contributed by atoms with Crippen molar-refractivity contribution in [2.75, 3.05) is 19.5 Å². The third kappa shape index (κ3) is 2.96. The summed E-state index contributed by atoms with van der Waals surface area (Å²) >= 11 is 5.84. The van der Waals surface area contributed by atoms with Crippen molar-refractivity contribution in [1.82, 2.24) is 14.5 Å². The van der Waals surface area contributed by atoms with E-state index in [4.69, 9.17) is 11.6 Å². The third-order valence-electron chi connectivity index (χ3n) is 3.49. The van der Waals surface area contributed by atoms with Gasteiger partial charge in [0.2, 0.25) is 5.91 Å². The van der Waals surface area contributed by atoms with Crippen molar-refractivity contribution in [2.45, 2.75) is 26.8 Å². The molecule has 0 spiro atoms. The lowest BCUT2D eigenvalue weighted by Crippen LogP contribution is -2.30. The summed E-state index contributed by atoms with van der Waals surface area (Å²) in [6.07, 6.45) is 0.665. The number of imidazole rings is 1. The molecule has 0 radical (unpaired) electrons. The Morgan fingerprint density at radius 3 is 2.85 bits per heavy atom. The lowest BCUT2D eigenvalue weighted by atomic mass is 10.2. The van der Waals surface area contributed by atoms with Gasteiger partial charge < -0.3 is 9.47 Å². The molecule has 1 heterocycles. The van der Waals surface area contributed by atoms with E-state index < -0.39 is 0 Å². The van der Waals surface area contributed by atoms with Gasteiger partial charge in [-0.15, -0.1) is 11.6 Å². The van der Waals surface area contributed by atoms with Crippen molar-refractivity contribution in [2.24, 2.45) is 0 Å². The summed E-state index contributed by atoms with van der Waals surface area (Å²) in [5.74, 6) is 1.46. The van der Waals surface area contributed by atoms with Gasteiger partial charge in [-0.1, -0.05) is 6.07 Å². The maximum atomic E-state index is 12.2. The number of alkyl halides is 1. The van der Waals surface area contributed by atoms with Crippen LogP contribution in [0.2, 0.25) is 0 Å². The van der Waals surface area contributed by atoms with E-state index in [1.165, 1.54) is 0 Å². The van der Waals surface area contributed by atoms with Crippen molar-refractivity contribution in [3.8, 4) is 0 Å². The van der Waals surface area contributed by atoms with Gasteiger partial charge in [0.15, 0.2) is 0 Å². The molecule has 1 amide bonds. The number of rotatable bonds is 5. The molecule has 0 aliphatic rings. The van der Waals surface area contributed by atoms with Gasteiger partial charge in [-0.3, -0.25) is 4.79 Å². The zero-order chi connectivity index (χ0) is 14.7. The second kappa shape index (κ2) is 6.27. The summed E-state index contributed by atoms with van der Waals surface area (Å²) in [4.78, 5) is 18.5. The number of likely N-dealkylation sites (N-methyl/N-ethyl adjacent to an activating group) is 1. The molecule has 0 saturated carbocycles. The Hall–Kier alpha value is -1.55. The number of hydrogen-bond acceptors (Lipinski definition) is 2. The van der Waals surface area contributed by atoms with E-state index in [-0.39, 0.29) is 5.91 Å². The van der Waals surface area contributed by atoms with Gasteiger partial charge >= 0.3 is 0 Å². The van der Waals surface area contributed by atoms with Crippen molar-refractivity contribution in [3.05, 3.63) is 29.6 Å². The molecule has 108 valence electrons. The van der Waals surface area contributed by atoms with Crippen LogP contribution in [0, 0.1) is 6.92 Å². The molecule has 0 aliphatic carbocycles. The number of halogens is 1. The first kappa shape index (κ1) is 14.9. The predicted molar refractivity (Wildman–Crippen MR) is 82.2 cm³/mol. The van der Waals surface area contributed by atoms with Gasteiger partial charge in [0.25, 0.3) is 0 Å². The Bertz CT molecular complexity index is 621. The molecule has 2 rings (SSSR count). The van der Waals surface area contributed by atoms with Gasteiger partial charge in [0.05, 0.1) is 11.0 Å². The quantitative estimate of drug-likeness (QED) is 0.795. The normalized spacial score (nSPS) is 11.0. The summed E-state index contributed by atoms with van der Waals surface area (Å²) in [6, 6.07) is 6.10. The van der Waals surface area contributed by atoms with Crippen LogP contribution in [0.1, 0.15) is 18.3 Å². The summed E-state index contributed by atoms with van der Waals surface area (Å²) < 4.78 is 1.98. The molecule has 0 aliphatic heterocycles. The largest absolute Gasteiger partial charge is 0.344 e. The molecular weight excluding hydrogens is 274 g/mol. The van der Waals surface area contributed by atoms with Crippen molar-refractivity contribution >= 4 is 28.5 Å². The molecule has 4 nitrogen and oxygen atoms in total. The molecule has 1 aromatic heterocycles. The van der Waals surface area contributed by atoms with Crippen LogP contribution < -0.4 is 0 Å². The van der Waals surface area contributed by atoms with Gasteiger partial charge in [0, 0.05) is 25.9 Å². The van der Waals surface area contributed by atoms with Crippen LogP contribution in [-0.2, 0) is 17.8 Å². The Labute approximate surface area is 124 Å². The van der Waals surface area contributed by atoms with E-state index in [2.05, 4.69) is 4.98 Å². The molecule has 0 saturated heterocycles. The Balaban J connectivity index is 2.43.